The van der Waals surface area contributed by atoms with Gasteiger partial charge in [0.2, 0.25) is 0 Å². The van der Waals surface area contributed by atoms with Crippen LogP contribution in [0.2, 0.25) is 0 Å². The average Bonchev–Trinajstić information content (AvgIpc) is 2.66. The van der Waals surface area contributed by atoms with Gasteiger partial charge in [-0.2, -0.15) is 0 Å². The Morgan fingerprint density at radius 1 is 1.04 bits per heavy atom. The van der Waals surface area contributed by atoms with Gasteiger partial charge < -0.3 is 19.1 Å². The van der Waals surface area contributed by atoms with Crippen molar-refractivity contribution < 1.29 is 23.8 Å². The summed E-state index contributed by atoms with van der Waals surface area (Å²) < 4.78 is 15.8. The summed E-state index contributed by atoms with van der Waals surface area (Å²) in [6.07, 6.45) is 0. The van der Waals surface area contributed by atoms with E-state index >= 15 is 0 Å². The lowest BCUT2D eigenvalue weighted by Gasteiger charge is -2.21. The van der Waals surface area contributed by atoms with E-state index in [4.69, 9.17) is 14.2 Å². The molecule has 0 saturated heterocycles. The van der Waals surface area contributed by atoms with Crippen molar-refractivity contribution in [3.63, 3.8) is 0 Å². The molecule has 0 atom stereocenters. The van der Waals surface area contributed by atoms with Crippen LogP contribution in [0.15, 0.2) is 42.5 Å². The summed E-state index contributed by atoms with van der Waals surface area (Å²) in [5.41, 5.74) is 1.48. The second-order valence-electron chi connectivity index (χ2n) is 5.68. The van der Waals surface area contributed by atoms with Gasteiger partial charge in [-0.25, -0.2) is 4.79 Å². The molecule has 0 N–H and O–H groups in total. The molecular weight excluding hydrogens is 322 g/mol. The van der Waals surface area contributed by atoms with E-state index in [1.54, 1.807) is 36.2 Å². The summed E-state index contributed by atoms with van der Waals surface area (Å²) in [6.45, 7) is 1.43. The van der Waals surface area contributed by atoms with Gasteiger partial charge in [0, 0.05) is 13.6 Å². The molecule has 130 valence electrons. The first-order chi connectivity index (χ1) is 12.1. The molecular formula is C19H19NO5. The van der Waals surface area contributed by atoms with Crippen LogP contribution in [0.25, 0.3) is 0 Å². The minimum atomic E-state index is -0.531. The van der Waals surface area contributed by atoms with Gasteiger partial charge in [0.1, 0.15) is 13.2 Å². The Morgan fingerprint density at radius 3 is 2.44 bits per heavy atom. The van der Waals surface area contributed by atoms with Crippen molar-refractivity contribution in [3.8, 4) is 11.5 Å². The van der Waals surface area contributed by atoms with Crippen LogP contribution in [0.5, 0.6) is 11.5 Å². The van der Waals surface area contributed by atoms with E-state index in [-0.39, 0.29) is 11.5 Å². The molecule has 0 spiro atoms. The first-order valence-corrected chi connectivity index (χ1v) is 7.91. The van der Waals surface area contributed by atoms with Crippen LogP contribution in [0, 0.1) is 0 Å². The second-order valence-corrected chi connectivity index (χ2v) is 5.68. The van der Waals surface area contributed by atoms with Crippen molar-refractivity contribution in [3.05, 3.63) is 59.2 Å². The third-order valence-corrected chi connectivity index (χ3v) is 3.94. The molecule has 0 aromatic heterocycles. The van der Waals surface area contributed by atoms with Crippen LogP contribution in [-0.2, 0) is 11.3 Å². The van der Waals surface area contributed by atoms with Crippen molar-refractivity contribution in [1.29, 1.82) is 0 Å². The summed E-state index contributed by atoms with van der Waals surface area (Å²) in [6, 6.07) is 12.2. The molecule has 1 heterocycles. The third kappa shape index (κ3) is 3.57. The molecule has 1 aliphatic rings. The number of esters is 1. The summed E-state index contributed by atoms with van der Waals surface area (Å²) in [5, 5.41) is 0. The smallest absolute Gasteiger partial charge is 0.338 e. The highest BCUT2D eigenvalue weighted by Gasteiger charge is 2.20. The Balaban J connectivity index is 1.79. The topological polar surface area (TPSA) is 65.1 Å². The zero-order valence-corrected chi connectivity index (χ0v) is 14.2. The van der Waals surface area contributed by atoms with Crippen molar-refractivity contribution >= 4 is 11.9 Å². The molecule has 1 amide bonds. The Kier molecular flexibility index (Phi) is 4.88. The van der Waals surface area contributed by atoms with Crippen LogP contribution < -0.4 is 9.47 Å². The fourth-order valence-electron chi connectivity index (χ4n) is 2.69. The van der Waals surface area contributed by atoms with E-state index in [2.05, 4.69) is 0 Å². The fourth-order valence-corrected chi connectivity index (χ4v) is 2.69. The first kappa shape index (κ1) is 16.8. The van der Waals surface area contributed by atoms with Gasteiger partial charge in [-0.1, -0.05) is 18.2 Å². The monoisotopic (exact) mass is 341 g/mol. The fraction of sp³-hybridized carbons (Fsp3) is 0.263. The highest BCUT2D eigenvalue weighted by atomic mass is 16.6. The van der Waals surface area contributed by atoms with Gasteiger partial charge in [-0.3, -0.25) is 4.79 Å². The van der Waals surface area contributed by atoms with Gasteiger partial charge in [0.05, 0.1) is 18.2 Å². The minimum absolute atomic E-state index is 0.254. The molecule has 2 aromatic carbocycles. The van der Waals surface area contributed by atoms with Gasteiger partial charge in [0.25, 0.3) is 5.91 Å². The highest BCUT2D eigenvalue weighted by molar-refractivity contribution is 6.05. The molecule has 1 aliphatic heterocycles. The normalized spacial score (nSPS) is 12.4. The van der Waals surface area contributed by atoms with Crippen molar-refractivity contribution in [2.75, 3.05) is 27.4 Å². The number of rotatable bonds is 4. The predicted octanol–water partition coefficient (Wildman–Crippen LogP) is 2.52. The molecule has 0 aliphatic carbocycles. The largest absolute Gasteiger partial charge is 0.486 e. The minimum Gasteiger partial charge on any atom is -0.486 e. The van der Waals surface area contributed by atoms with Gasteiger partial charge >= 0.3 is 5.97 Å². The molecule has 0 bridgehead atoms. The molecule has 0 unspecified atom stereocenters. The second kappa shape index (κ2) is 7.25. The van der Waals surface area contributed by atoms with E-state index in [1.165, 1.54) is 7.11 Å². The first-order valence-electron chi connectivity index (χ1n) is 7.91. The summed E-state index contributed by atoms with van der Waals surface area (Å²) in [7, 11) is 2.98. The van der Waals surface area contributed by atoms with Crippen molar-refractivity contribution in [2.45, 2.75) is 6.54 Å². The zero-order chi connectivity index (χ0) is 17.8. The van der Waals surface area contributed by atoms with E-state index in [1.807, 2.05) is 18.2 Å². The average molecular weight is 341 g/mol. The number of carbonyl (C=O) groups is 2. The summed E-state index contributed by atoms with van der Waals surface area (Å²) in [4.78, 5) is 26.1. The summed E-state index contributed by atoms with van der Waals surface area (Å²) >= 11 is 0. The number of methoxy groups -OCH3 is 1. The molecule has 2 aromatic rings. The van der Waals surface area contributed by atoms with E-state index in [0.29, 0.717) is 36.8 Å². The molecule has 6 heteroatoms. The van der Waals surface area contributed by atoms with E-state index < -0.39 is 5.97 Å². The van der Waals surface area contributed by atoms with Crippen LogP contribution in [0.4, 0.5) is 0 Å². The zero-order valence-electron chi connectivity index (χ0n) is 14.2. The van der Waals surface area contributed by atoms with E-state index in [0.717, 1.165) is 5.56 Å². The number of benzene rings is 2. The van der Waals surface area contributed by atoms with Crippen LogP contribution in [0.3, 0.4) is 0 Å². The number of carbonyl (C=O) groups excluding carboxylic acids is 2. The number of hydrogen-bond acceptors (Lipinski definition) is 5. The predicted molar refractivity (Wildman–Crippen MR) is 91.0 cm³/mol. The Labute approximate surface area is 145 Å². The Bertz CT molecular complexity index is 802. The highest BCUT2D eigenvalue weighted by Crippen LogP contribution is 2.31. The quantitative estimate of drug-likeness (QED) is 0.800. The number of nitrogens with zero attached hydrogens (tertiary/aromatic N) is 1. The third-order valence-electron chi connectivity index (χ3n) is 3.94. The molecule has 0 radical (unpaired) electrons. The number of fused-ring (bicyclic) bond motifs is 1. The van der Waals surface area contributed by atoms with Crippen LogP contribution in [-0.4, -0.2) is 44.1 Å². The van der Waals surface area contributed by atoms with Gasteiger partial charge in [-0.15, -0.1) is 0 Å². The summed E-state index contributed by atoms with van der Waals surface area (Å²) in [5.74, 6) is 0.604. The van der Waals surface area contributed by atoms with Gasteiger partial charge in [-0.05, 0) is 29.8 Å². The SMILES string of the molecule is COC(=O)c1ccccc1C(=O)N(C)Cc1ccc2c(c1)OCCO2. The van der Waals surface area contributed by atoms with Crippen LogP contribution >= 0.6 is 0 Å². The van der Waals surface area contributed by atoms with Crippen molar-refractivity contribution in [1.82, 2.24) is 4.90 Å². The lowest BCUT2D eigenvalue weighted by atomic mass is 10.1. The number of hydrogen-bond donors (Lipinski definition) is 0. The number of ether oxygens (including phenoxy) is 3. The van der Waals surface area contributed by atoms with Crippen molar-refractivity contribution in [2.24, 2.45) is 0 Å². The van der Waals surface area contributed by atoms with Crippen LogP contribution in [0.1, 0.15) is 26.3 Å². The molecule has 0 fully saturated rings. The standard InChI is InChI=1S/C19H19NO5/c1-20(12-13-7-8-16-17(11-13)25-10-9-24-16)18(21)14-5-3-4-6-15(14)19(22)23-2/h3-8,11H,9-10,12H2,1-2H3. The van der Waals surface area contributed by atoms with E-state index in [9.17, 15) is 9.59 Å². The molecule has 25 heavy (non-hydrogen) atoms. The Morgan fingerprint density at radius 2 is 1.72 bits per heavy atom. The number of amides is 1. The molecule has 6 nitrogen and oxygen atoms in total. The molecule has 0 saturated carbocycles. The Hall–Kier alpha value is -3.02. The lowest BCUT2D eigenvalue weighted by Crippen LogP contribution is -2.28. The maximum Gasteiger partial charge on any atom is 0.338 e. The maximum absolute atomic E-state index is 12.7. The van der Waals surface area contributed by atoms with Gasteiger partial charge in [0.15, 0.2) is 11.5 Å². The maximum atomic E-state index is 12.7. The molecule has 3 rings (SSSR count). The lowest BCUT2D eigenvalue weighted by molar-refractivity contribution is 0.0591.